The van der Waals surface area contributed by atoms with Gasteiger partial charge in [-0.3, -0.25) is 4.79 Å². The molecule has 3 nitrogen and oxygen atoms in total. The molecule has 1 aliphatic heterocycles. The van der Waals surface area contributed by atoms with Crippen LogP contribution >= 0.6 is 0 Å². The van der Waals surface area contributed by atoms with Gasteiger partial charge in [0.1, 0.15) is 5.92 Å². The molecule has 15 heavy (non-hydrogen) atoms. The lowest BCUT2D eigenvalue weighted by atomic mass is 9.93. The second-order valence-electron chi connectivity index (χ2n) is 4.86. The van der Waals surface area contributed by atoms with Crippen LogP contribution < -0.4 is 0 Å². The van der Waals surface area contributed by atoms with Crippen molar-refractivity contribution in [3.8, 4) is 6.07 Å². The average Bonchev–Trinajstić information content (AvgIpc) is 2.19. The molecule has 1 rings (SSSR count). The molecular formula is C12H20N2O. The van der Waals surface area contributed by atoms with Crippen molar-refractivity contribution in [2.75, 3.05) is 13.1 Å². The Morgan fingerprint density at radius 2 is 1.93 bits per heavy atom. The topological polar surface area (TPSA) is 44.1 Å². The summed E-state index contributed by atoms with van der Waals surface area (Å²) in [5.41, 5.74) is 0. The quantitative estimate of drug-likeness (QED) is 0.697. The second kappa shape index (κ2) is 5.16. The van der Waals surface area contributed by atoms with Gasteiger partial charge in [-0.15, -0.1) is 0 Å². The van der Waals surface area contributed by atoms with Crippen molar-refractivity contribution in [2.45, 2.75) is 33.6 Å². The molecule has 1 heterocycles. The van der Waals surface area contributed by atoms with Gasteiger partial charge in [0.05, 0.1) is 6.07 Å². The molecule has 1 aliphatic rings. The molecule has 1 fully saturated rings. The summed E-state index contributed by atoms with van der Waals surface area (Å²) in [6.07, 6.45) is 2.14. The maximum atomic E-state index is 12.0. The maximum absolute atomic E-state index is 12.0. The van der Waals surface area contributed by atoms with Gasteiger partial charge >= 0.3 is 0 Å². The van der Waals surface area contributed by atoms with Crippen LogP contribution in [0.2, 0.25) is 0 Å². The molecule has 0 saturated carbocycles. The fraction of sp³-hybridized carbons (Fsp3) is 0.833. The van der Waals surface area contributed by atoms with E-state index in [1.165, 1.54) is 0 Å². The first-order valence-corrected chi connectivity index (χ1v) is 5.74. The minimum atomic E-state index is -0.460. The summed E-state index contributed by atoms with van der Waals surface area (Å²) >= 11 is 0. The Hall–Kier alpha value is -1.04. The number of nitrogens with zero attached hydrogens (tertiary/aromatic N) is 2. The van der Waals surface area contributed by atoms with E-state index in [-0.39, 0.29) is 11.8 Å². The molecule has 3 heteroatoms. The molecule has 0 N–H and O–H groups in total. The molecule has 0 aliphatic carbocycles. The lowest BCUT2D eigenvalue weighted by Crippen LogP contribution is -2.42. The first-order chi connectivity index (χ1) is 7.06. The molecule has 1 saturated heterocycles. The van der Waals surface area contributed by atoms with E-state index >= 15 is 0 Å². The molecule has 0 radical (unpaired) electrons. The van der Waals surface area contributed by atoms with Crippen LogP contribution in [0.3, 0.4) is 0 Å². The maximum Gasteiger partial charge on any atom is 0.240 e. The Bertz CT molecular complexity index is 259. The zero-order valence-electron chi connectivity index (χ0n) is 9.86. The fourth-order valence-corrected chi connectivity index (χ4v) is 1.92. The number of amides is 1. The van der Waals surface area contributed by atoms with Crippen LogP contribution in [0.4, 0.5) is 0 Å². The van der Waals surface area contributed by atoms with Crippen molar-refractivity contribution in [1.82, 2.24) is 4.90 Å². The van der Waals surface area contributed by atoms with Crippen LogP contribution in [-0.4, -0.2) is 23.9 Å². The summed E-state index contributed by atoms with van der Waals surface area (Å²) in [6, 6.07) is 2.12. The van der Waals surface area contributed by atoms with Crippen molar-refractivity contribution in [3.05, 3.63) is 0 Å². The van der Waals surface area contributed by atoms with Crippen LogP contribution in [0, 0.1) is 29.1 Å². The summed E-state index contributed by atoms with van der Waals surface area (Å²) in [6.45, 7) is 7.72. The van der Waals surface area contributed by atoms with E-state index in [2.05, 4.69) is 13.0 Å². The Morgan fingerprint density at radius 1 is 1.40 bits per heavy atom. The van der Waals surface area contributed by atoms with Crippen LogP contribution in [0.1, 0.15) is 33.6 Å². The van der Waals surface area contributed by atoms with Crippen molar-refractivity contribution < 1.29 is 4.79 Å². The molecule has 84 valence electrons. The Morgan fingerprint density at radius 3 is 2.33 bits per heavy atom. The summed E-state index contributed by atoms with van der Waals surface area (Å²) in [5, 5.41) is 8.95. The number of carbonyl (C=O) groups is 1. The Labute approximate surface area is 92.1 Å². The van der Waals surface area contributed by atoms with Crippen molar-refractivity contribution in [1.29, 1.82) is 5.26 Å². The van der Waals surface area contributed by atoms with Gasteiger partial charge in [0, 0.05) is 13.1 Å². The van der Waals surface area contributed by atoms with E-state index in [0.717, 1.165) is 25.9 Å². The highest BCUT2D eigenvalue weighted by Gasteiger charge is 2.28. The van der Waals surface area contributed by atoms with E-state index in [1.807, 2.05) is 18.7 Å². The number of carbonyl (C=O) groups excluding carboxylic acids is 1. The van der Waals surface area contributed by atoms with Crippen molar-refractivity contribution in [2.24, 2.45) is 17.8 Å². The van der Waals surface area contributed by atoms with Gasteiger partial charge in [0.25, 0.3) is 0 Å². The predicted octanol–water partition coefficient (Wildman–Crippen LogP) is 2.04. The standard InChI is InChI=1S/C12H20N2O/c1-9(2)11(8-13)12(15)14-6-4-10(3)5-7-14/h9-11H,4-7H2,1-3H3. The van der Waals surface area contributed by atoms with E-state index < -0.39 is 5.92 Å². The van der Waals surface area contributed by atoms with Gasteiger partial charge in [-0.25, -0.2) is 0 Å². The summed E-state index contributed by atoms with van der Waals surface area (Å²) in [5.74, 6) is 0.397. The SMILES string of the molecule is CC1CCN(C(=O)C(C#N)C(C)C)CC1. The third-order valence-corrected chi connectivity index (χ3v) is 3.17. The normalized spacial score (nSPS) is 20.1. The number of rotatable bonds is 2. The lowest BCUT2D eigenvalue weighted by Gasteiger charge is -2.32. The highest BCUT2D eigenvalue weighted by atomic mass is 16.2. The Kier molecular flexibility index (Phi) is 4.14. The zero-order valence-corrected chi connectivity index (χ0v) is 9.86. The number of likely N-dealkylation sites (tertiary alicyclic amines) is 1. The first-order valence-electron chi connectivity index (χ1n) is 5.74. The van der Waals surface area contributed by atoms with Crippen LogP contribution in [0.25, 0.3) is 0 Å². The highest BCUT2D eigenvalue weighted by Crippen LogP contribution is 2.20. The number of piperidine rings is 1. The number of hydrogen-bond donors (Lipinski definition) is 0. The molecule has 0 spiro atoms. The summed E-state index contributed by atoms with van der Waals surface area (Å²) < 4.78 is 0. The minimum Gasteiger partial charge on any atom is -0.342 e. The molecular weight excluding hydrogens is 188 g/mol. The van der Waals surface area contributed by atoms with E-state index in [4.69, 9.17) is 5.26 Å². The second-order valence-corrected chi connectivity index (χ2v) is 4.86. The molecule has 0 aromatic rings. The van der Waals surface area contributed by atoms with Crippen molar-refractivity contribution in [3.63, 3.8) is 0 Å². The average molecular weight is 208 g/mol. The third-order valence-electron chi connectivity index (χ3n) is 3.17. The largest absolute Gasteiger partial charge is 0.342 e. The molecule has 1 amide bonds. The van der Waals surface area contributed by atoms with Gasteiger partial charge < -0.3 is 4.90 Å². The van der Waals surface area contributed by atoms with Gasteiger partial charge in [-0.2, -0.15) is 5.26 Å². The third kappa shape index (κ3) is 2.95. The Balaban J connectivity index is 2.57. The van der Waals surface area contributed by atoms with Crippen LogP contribution in [0.5, 0.6) is 0 Å². The molecule has 0 aromatic carbocycles. The first kappa shape index (κ1) is 12.0. The van der Waals surface area contributed by atoms with E-state index in [9.17, 15) is 4.79 Å². The van der Waals surface area contributed by atoms with Gasteiger partial charge in [-0.05, 0) is 24.7 Å². The lowest BCUT2D eigenvalue weighted by molar-refractivity contribution is -0.136. The summed E-state index contributed by atoms with van der Waals surface area (Å²) in [7, 11) is 0. The molecule has 0 aromatic heterocycles. The van der Waals surface area contributed by atoms with Gasteiger partial charge in [-0.1, -0.05) is 20.8 Å². The predicted molar refractivity (Wildman–Crippen MR) is 58.9 cm³/mol. The summed E-state index contributed by atoms with van der Waals surface area (Å²) in [4.78, 5) is 13.8. The van der Waals surface area contributed by atoms with Gasteiger partial charge in [0.2, 0.25) is 5.91 Å². The van der Waals surface area contributed by atoms with Gasteiger partial charge in [0.15, 0.2) is 0 Å². The van der Waals surface area contributed by atoms with E-state index in [0.29, 0.717) is 5.92 Å². The molecule has 1 atom stereocenters. The number of nitriles is 1. The van der Waals surface area contributed by atoms with E-state index in [1.54, 1.807) is 0 Å². The number of hydrogen-bond acceptors (Lipinski definition) is 2. The monoisotopic (exact) mass is 208 g/mol. The zero-order chi connectivity index (χ0) is 11.4. The fourth-order valence-electron chi connectivity index (χ4n) is 1.92. The highest BCUT2D eigenvalue weighted by molar-refractivity contribution is 5.81. The van der Waals surface area contributed by atoms with Crippen LogP contribution in [0.15, 0.2) is 0 Å². The minimum absolute atomic E-state index is 0.0272. The van der Waals surface area contributed by atoms with Crippen LogP contribution in [-0.2, 0) is 4.79 Å². The molecule has 1 unspecified atom stereocenters. The van der Waals surface area contributed by atoms with Crippen molar-refractivity contribution >= 4 is 5.91 Å². The molecule has 0 bridgehead atoms. The smallest absolute Gasteiger partial charge is 0.240 e.